The predicted octanol–water partition coefficient (Wildman–Crippen LogP) is 3.04. The molecule has 136 valence electrons. The lowest BCUT2D eigenvalue weighted by Gasteiger charge is -2.31. The molecule has 1 fully saturated rings. The van der Waals surface area contributed by atoms with Crippen LogP contribution in [0.3, 0.4) is 0 Å². The second-order valence-electron chi connectivity index (χ2n) is 6.73. The van der Waals surface area contributed by atoms with E-state index in [9.17, 15) is 9.59 Å². The van der Waals surface area contributed by atoms with Gasteiger partial charge in [-0.25, -0.2) is 0 Å². The van der Waals surface area contributed by atoms with E-state index in [2.05, 4.69) is 5.32 Å². The van der Waals surface area contributed by atoms with Gasteiger partial charge in [-0.15, -0.1) is 0 Å². The second kappa shape index (κ2) is 8.15. The van der Waals surface area contributed by atoms with Gasteiger partial charge < -0.3 is 15.0 Å². The Morgan fingerprint density at radius 2 is 2.00 bits per heavy atom. The van der Waals surface area contributed by atoms with Crippen LogP contribution in [0.4, 0.5) is 5.69 Å². The molecule has 5 nitrogen and oxygen atoms in total. The van der Waals surface area contributed by atoms with Crippen molar-refractivity contribution >= 4 is 17.5 Å². The third-order valence-corrected chi connectivity index (χ3v) is 4.37. The number of benzene rings is 2. The van der Waals surface area contributed by atoms with Crippen molar-refractivity contribution in [1.29, 1.82) is 0 Å². The van der Waals surface area contributed by atoms with Crippen LogP contribution in [0.25, 0.3) is 0 Å². The Labute approximate surface area is 154 Å². The number of ether oxygens (including phenoxy) is 1. The molecule has 2 amide bonds. The number of hydrogen-bond acceptors (Lipinski definition) is 3. The standard InChI is InChI=1S/C21H24N2O3/c1-15-5-3-6-17(11-15)12-20(24)22-19-8-4-7-18(13-19)21(25)23-9-10-26-16(2)14-23/h3-8,11,13,16H,9-10,12,14H2,1-2H3,(H,22,24). The van der Waals surface area contributed by atoms with Crippen LogP contribution in [-0.4, -0.2) is 42.5 Å². The minimum atomic E-state index is -0.0970. The predicted molar refractivity (Wildman–Crippen MR) is 101 cm³/mol. The van der Waals surface area contributed by atoms with E-state index in [1.54, 1.807) is 29.2 Å². The van der Waals surface area contributed by atoms with Crippen LogP contribution >= 0.6 is 0 Å². The number of nitrogens with one attached hydrogen (secondary N) is 1. The van der Waals surface area contributed by atoms with Crippen LogP contribution in [0.2, 0.25) is 0 Å². The first-order valence-electron chi connectivity index (χ1n) is 8.87. The summed E-state index contributed by atoms with van der Waals surface area (Å²) in [6.45, 7) is 5.69. The molecule has 0 saturated carbocycles. The van der Waals surface area contributed by atoms with Gasteiger partial charge >= 0.3 is 0 Å². The Kier molecular flexibility index (Phi) is 5.68. The average Bonchev–Trinajstić information content (AvgIpc) is 2.61. The third kappa shape index (κ3) is 4.70. The number of carbonyl (C=O) groups excluding carboxylic acids is 2. The average molecular weight is 352 g/mol. The van der Waals surface area contributed by atoms with Crippen molar-refractivity contribution in [2.24, 2.45) is 0 Å². The fourth-order valence-corrected chi connectivity index (χ4v) is 3.13. The number of hydrogen-bond donors (Lipinski definition) is 1. The van der Waals surface area contributed by atoms with E-state index in [-0.39, 0.29) is 17.9 Å². The molecule has 1 atom stereocenters. The molecule has 0 spiro atoms. The van der Waals surface area contributed by atoms with Crippen molar-refractivity contribution in [3.8, 4) is 0 Å². The maximum atomic E-state index is 12.7. The molecule has 0 aromatic heterocycles. The first-order chi connectivity index (χ1) is 12.5. The number of nitrogens with zero attached hydrogens (tertiary/aromatic N) is 1. The molecule has 1 aliphatic heterocycles. The largest absolute Gasteiger partial charge is 0.375 e. The molecule has 1 N–H and O–H groups in total. The molecular formula is C21H24N2O3. The van der Waals surface area contributed by atoms with Gasteiger partial charge in [-0.3, -0.25) is 9.59 Å². The van der Waals surface area contributed by atoms with E-state index in [0.717, 1.165) is 11.1 Å². The van der Waals surface area contributed by atoms with Gasteiger partial charge in [0.2, 0.25) is 5.91 Å². The number of morpholine rings is 1. The highest BCUT2D eigenvalue weighted by molar-refractivity contribution is 5.97. The van der Waals surface area contributed by atoms with Crippen molar-refractivity contribution < 1.29 is 14.3 Å². The van der Waals surface area contributed by atoms with Gasteiger partial charge in [0.1, 0.15) is 0 Å². The van der Waals surface area contributed by atoms with Gasteiger partial charge in [0, 0.05) is 24.3 Å². The highest BCUT2D eigenvalue weighted by atomic mass is 16.5. The van der Waals surface area contributed by atoms with E-state index in [1.165, 1.54) is 0 Å². The molecule has 1 aliphatic rings. The highest BCUT2D eigenvalue weighted by Crippen LogP contribution is 2.16. The molecule has 0 aliphatic carbocycles. The zero-order valence-corrected chi connectivity index (χ0v) is 15.2. The van der Waals surface area contributed by atoms with Crippen LogP contribution in [0, 0.1) is 6.92 Å². The summed E-state index contributed by atoms with van der Waals surface area (Å²) in [6, 6.07) is 15.0. The quantitative estimate of drug-likeness (QED) is 0.920. The molecule has 0 bridgehead atoms. The van der Waals surface area contributed by atoms with Crippen LogP contribution in [0.1, 0.15) is 28.4 Å². The molecule has 2 aromatic rings. The van der Waals surface area contributed by atoms with Crippen LogP contribution in [0.15, 0.2) is 48.5 Å². The van der Waals surface area contributed by atoms with Crippen molar-refractivity contribution in [2.75, 3.05) is 25.0 Å². The number of anilines is 1. The Hall–Kier alpha value is -2.66. The van der Waals surface area contributed by atoms with E-state index in [4.69, 9.17) is 4.74 Å². The molecule has 5 heteroatoms. The van der Waals surface area contributed by atoms with Crippen LogP contribution in [0.5, 0.6) is 0 Å². The lowest BCUT2D eigenvalue weighted by molar-refractivity contribution is -0.115. The van der Waals surface area contributed by atoms with Crippen molar-refractivity contribution in [3.63, 3.8) is 0 Å². The zero-order valence-electron chi connectivity index (χ0n) is 15.2. The number of carbonyl (C=O) groups is 2. The Morgan fingerprint density at radius 3 is 2.77 bits per heavy atom. The molecule has 2 aromatic carbocycles. The summed E-state index contributed by atoms with van der Waals surface area (Å²) < 4.78 is 5.48. The Morgan fingerprint density at radius 1 is 1.19 bits per heavy atom. The van der Waals surface area contributed by atoms with Crippen LogP contribution < -0.4 is 5.32 Å². The molecular weight excluding hydrogens is 328 g/mol. The van der Waals surface area contributed by atoms with Gasteiger partial charge in [-0.05, 0) is 37.6 Å². The number of aryl methyl sites for hydroxylation is 1. The van der Waals surface area contributed by atoms with Gasteiger partial charge in [0.05, 0.1) is 19.1 Å². The normalized spacial score (nSPS) is 17.0. The van der Waals surface area contributed by atoms with E-state index >= 15 is 0 Å². The minimum absolute atomic E-state index is 0.0325. The molecule has 1 saturated heterocycles. The fraction of sp³-hybridized carbons (Fsp3) is 0.333. The maximum Gasteiger partial charge on any atom is 0.254 e. The van der Waals surface area contributed by atoms with E-state index < -0.39 is 0 Å². The lowest BCUT2D eigenvalue weighted by atomic mass is 10.1. The van der Waals surface area contributed by atoms with E-state index in [1.807, 2.05) is 38.1 Å². The smallest absolute Gasteiger partial charge is 0.254 e. The van der Waals surface area contributed by atoms with E-state index in [0.29, 0.717) is 37.4 Å². The minimum Gasteiger partial charge on any atom is -0.375 e. The van der Waals surface area contributed by atoms with Crippen LogP contribution in [-0.2, 0) is 16.0 Å². The zero-order chi connectivity index (χ0) is 18.5. The summed E-state index contributed by atoms with van der Waals surface area (Å²) in [4.78, 5) is 26.8. The summed E-state index contributed by atoms with van der Waals surface area (Å²) >= 11 is 0. The Balaban J connectivity index is 1.65. The van der Waals surface area contributed by atoms with Gasteiger partial charge in [-0.1, -0.05) is 35.9 Å². The Bertz CT molecular complexity index is 803. The monoisotopic (exact) mass is 352 g/mol. The summed E-state index contributed by atoms with van der Waals surface area (Å²) in [5.41, 5.74) is 3.31. The molecule has 1 unspecified atom stereocenters. The first kappa shape index (κ1) is 18.1. The first-order valence-corrected chi connectivity index (χ1v) is 8.87. The van der Waals surface area contributed by atoms with Crippen molar-refractivity contribution in [2.45, 2.75) is 26.4 Å². The van der Waals surface area contributed by atoms with Gasteiger partial charge in [-0.2, -0.15) is 0 Å². The highest BCUT2D eigenvalue weighted by Gasteiger charge is 2.22. The molecule has 1 heterocycles. The van der Waals surface area contributed by atoms with Crippen molar-refractivity contribution in [3.05, 3.63) is 65.2 Å². The molecule has 0 radical (unpaired) electrons. The number of rotatable bonds is 4. The summed E-state index contributed by atoms with van der Waals surface area (Å²) in [7, 11) is 0. The SMILES string of the molecule is Cc1cccc(CC(=O)Nc2cccc(C(=O)N3CCOC(C)C3)c2)c1. The number of amides is 2. The summed E-state index contributed by atoms with van der Waals surface area (Å²) in [6.07, 6.45) is 0.353. The third-order valence-electron chi connectivity index (χ3n) is 4.37. The molecule has 3 rings (SSSR count). The fourth-order valence-electron chi connectivity index (χ4n) is 3.13. The lowest BCUT2D eigenvalue weighted by Crippen LogP contribution is -2.44. The summed E-state index contributed by atoms with van der Waals surface area (Å²) in [5, 5.41) is 2.88. The maximum absolute atomic E-state index is 12.7. The summed E-state index contributed by atoms with van der Waals surface area (Å²) in [5.74, 6) is -0.130. The van der Waals surface area contributed by atoms with Crippen molar-refractivity contribution in [1.82, 2.24) is 4.90 Å². The van der Waals surface area contributed by atoms with Gasteiger partial charge in [0.15, 0.2) is 0 Å². The second-order valence-corrected chi connectivity index (χ2v) is 6.73. The topological polar surface area (TPSA) is 58.6 Å². The van der Waals surface area contributed by atoms with Gasteiger partial charge in [0.25, 0.3) is 5.91 Å². The molecule has 26 heavy (non-hydrogen) atoms.